The topological polar surface area (TPSA) is 9.23 Å². The summed E-state index contributed by atoms with van der Waals surface area (Å²) in [5.41, 5.74) is 0. The van der Waals surface area contributed by atoms with Crippen molar-refractivity contribution in [1.82, 2.24) is 0 Å². The van der Waals surface area contributed by atoms with Crippen LogP contribution < -0.4 is 0 Å². The molecule has 11 heavy (non-hydrogen) atoms. The van der Waals surface area contributed by atoms with E-state index in [2.05, 4.69) is 13.8 Å². The van der Waals surface area contributed by atoms with Gasteiger partial charge in [0.15, 0.2) is 0 Å². The van der Waals surface area contributed by atoms with Crippen LogP contribution in [0.3, 0.4) is 0 Å². The van der Waals surface area contributed by atoms with Gasteiger partial charge in [-0.15, -0.1) is 0 Å². The smallest absolute Gasteiger partial charge is 0.0495 e. The third kappa shape index (κ3) is 3.76. The molecule has 1 saturated heterocycles. The minimum atomic E-state index is 0.873. The van der Waals surface area contributed by atoms with Crippen LogP contribution in [0.15, 0.2) is 0 Å². The van der Waals surface area contributed by atoms with Crippen molar-refractivity contribution in [2.45, 2.75) is 39.5 Å². The molecule has 0 bridgehead atoms. The Balaban J connectivity index is 1.94. The van der Waals surface area contributed by atoms with E-state index in [0.717, 1.165) is 25.0 Å². The first kappa shape index (κ1) is 9.05. The van der Waals surface area contributed by atoms with Crippen molar-refractivity contribution >= 4 is 0 Å². The van der Waals surface area contributed by atoms with E-state index in [1.54, 1.807) is 0 Å². The van der Waals surface area contributed by atoms with Crippen LogP contribution >= 0.6 is 0 Å². The minimum Gasteiger partial charge on any atom is -0.381 e. The van der Waals surface area contributed by atoms with Gasteiger partial charge in [0, 0.05) is 13.2 Å². The summed E-state index contributed by atoms with van der Waals surface area (Å²) in [4.78, 5) is 0. The van der Waals surface area contributed by atoms with Gasteiger partial charge in [-0.25, -0.2) is 0 Å². The van der Waals surface area contributed by atoms with Gasteiger partial charge in [0.2, 0.25) is 0 Å². The van der Waals surface area contributed by atoms with E-state index >= 15 is 0 Å². The summed E-state index contributed by atoms with van der Waals surface area (Å²) in [6.45, 7) is 6.63. The normalized spacial score (nSPS) is 24.8. The molecule has 0 spiro atoms. The zero-order chi connectivity index (χ0) is 8.10. The van der Waals surface area contributed by atoms with Crippen molar-refractivity contribution in [2.24, 2.45) is 11.8 Å². The van der Waals surface area contributed by atoms with Crippen molar-refractivity contribution in [3.8, 4) is 0 Å². The van der Waals surface area contributed by atoms with E-state index in [0.29, 0.717) is 0 Å². The fourth-order valence-corrected chi connectivity index (χ4v) is 1.63. The maximum absolute atomic E-state index is 5.31. The third-order valence-corrected chi connectivity index (χ3v) is 2.42. The summed E-state index contributed by atoms with van der Waals surface area (Å²) in [6, 6.07) is 0. The van der Waals surface area contributed by atoms with Gasteiger partial charge in [-0.2, -0.15) is 0 Å². The highest BCUT2D eigenvalue weighted by Crippen LogP contribution is 2.20. The quantitative estimate of drug-likeness (QED) is 0.608. The summed E-state index contributed by atoms with van der Waals surface area (Å²) in [5.74, 6) is 1.76. The molecule has 1 aliphatic heterocycles. The molecule has 1 unspecified atom stereocenters. The number of hydrogen-bond donors (Lipinski definition) is 0. The first-order valence-electron chi connectivity index (χ1n) is 4.87. The summed E-state index contributed by atoms with van der Waals surface area (Å²) in [6.07, 6.45) is 5.47. The zero-order valence-corrected chi connectivity index (χ0v) is 7.81. The lowest BCUT2D eigenvalue weighted by Gasteiger charge is -2.07. The molecule has 0 aromatic rings. The molecule has 1 aliphatic rings. The molecule has 0 radical (unpaired) electrons. The predicted octanol–water partition coefficient (Wildman–Crippen LogP) is 2.85. The zero-order valence-electron chi connectivity index (χ0n) is 7.81. The van der Waals surface area contributed by atoms with Gasteiger partial charge in [0.1, 0.15) is 0 Å². The Bertz CT molecular complexity index is 93.0. The van der Waals surface area contributed by atoms with Gasteiger partial charge in [0.05, 0.1) is 0 Å². The van der Waals surface area contributed by atoms with Crippen LogP contribution in [0.25, 0.3) is 0 Å². The van der Waals surface area contributed by atoms with Gasteiger partial charge >= 0.3 is 0 Å². The highest BCUT2D eigenvalue weighted by molar-refractivity contribution is 4.64. The number of rotatable bonds is 4. The summed E-state index contributed by atoms with van der Waals surface area (Å²) >= 11 is 0. The highest BCUT2D eigenvalue weighted by atomic mass is 16.5. The third-order valence-electron chi connectivity index (χ3n) is 2.42. The molecule has 1 rings (SSSR count). The summed E-state index contributed by atoms with van der Waals surface area (Å²) in [5, 5.41) is 0. The first-order valence-corrected chi connectivity index (χ1v) is 4.87. The molecular formula is C10H20O. The lowest BCUT2D eigenvalue weighted by molar-refractivity contribution is 0.183. The molecule has 0 aromatic heterocycles. The molecule has 1 heterocycles. The maximum Gasteiger partial charge on any atom is 0.0495 e. The second kappa shape index (κ2) is 4.76. The number of hydrogen-bond acceptors (Lipinski definition) is 1. The average molecular weight is 156 g/mol. The standard InChI is InChI=1S/C10H20O/c1-9(2)4-3-5-10-6-7-11-8-10/h9-10H,3-8H2,1-2H3. The van der Waals surface area contributed by atoms with Crippen LogP contribution in [0, 0.1) is 11.8 Å². The van der Waals surface area contributed by atoms with Gasteiger partial charge in [-0.05, 0) is 24.7 Å². The van der Waals surface area contributed by atoms with E-state index in [-0.39, 0.29) is 0 Å². The molecule has 1 nitrogen and oxygen atoms in total. The van der Waals surface area contributed by atoms with Crippen LogP contribution in [0.1, 0.15) is 39.5 Å². The molecule has 66 valence electrons. The summed E-state index contributed by atoms with van der Waals surface area (Å²) in [7, 11) is 0. The van der Waals surface area contributed by atoms with Crippen LogP contribution in [0.4, 0.5) is 0 Å². The SMILES string of the molecule is CC(C)CCCC1CCOC1. The lowest BCUT2D eigenvalue weighted by atomic mass is 9.98. The van der Waals surface area contributed by atoms with Crippen LogP contribution in [-0.4, -0.2) is 13.2 Å². The van der Waals surface area contributed by atoms with Gasteiger partial charge < -0.3 is 4.74 Å². The van der Waals surface area contributed by atoms with Crippen molar-refractivity contribution in [2.75, 3.05) is 13.2 Å². The van der Waals surface area contributed by atoms with Gasteiger partial charge in [0.25, 0.3) is 0 Å². The van der Waals surface area contributed by atoms with Crippen molar-refractivity contribution < 1.29 is 4.74 Å². The average Bonchev–Trinajstić information content (AvgIpc) is 2.39. The molecule has 0 aliphatic carbocycles. The van der Waals surface area contributed by atoms with Crippen LogP contribution in [0.2, 0.25) is 0 Å². The lowest BCUT2D eigenvalue weighted by Crippen LogP contribution is -1.99. The van der Waals surface area contributed by atoms with Gasteiger partial charge in [-0.3, -0.25) is 0 Å². The second-order valence-electron chi connectivity index (χ2n) is 4.05. The van der Waals surface area contributed by atoms with Crippen LogP contribution in [-0.2, 0) is 4.74 Å². The van der Waals surface area contributed by atoms with E-state index in [1.165, 1.54) is 25.7 Å². The Morgan fingerprint density at radius 2 is 2.27 bits per heavy atom. The monoisotopic (exact) mass is 156 g/mol. The highest BCUT2D eigenvalue weighted by Gasteiger charge is 2.14. The van der Waals surface area contributed by atoms with Crippen molar-refractivity contribution in [1.29, 1.82) is 0 Å². The molecule has 1 fully saturated rings. The minimum absolute atomic E-state index is 0.873. The molecular weight excluding hydrogens is 136 g/mol. The molecule has 1 atom stereocenters. The Hall–Kier alpha value is -0.0400. The first-order chi connectivity index (χ1) is 5.29. The van der Waals surface area contributed by atoms with E-state index < -0.39 is 0 Å². The molecule has 0 N–H and O–H groups in total. The second-order valence-corrected chi connectivity index (χ2v) is 4.05. The molecule has 0 saturated carbocycles. The Kier molecular flexibility index (Phi) is 3.92. The number of ether oxygens (including phenoxy) is 1. The Labute approximate surface area is 70.1 Å². The fraction of sp³-hybridized carbons (Fsp3) is 1.00. The Morgan fingerprint density at radius 1 is 1.45 bits per heavy atom. The van der Waals surface area contributed by atoms with E-state index in [4.69, 9.17) is 4.74 Å². The molecule has 0 amide bonds. The largest absolute Gasteiger partial charge is 0.381 e. The summed E-state index contributed by atoms with van der Waals surface area (Å²) < 4.78 is 5.31. The fourth-order valence-electron chi connectivity index (χ4n) is 1.63. The molecule has 0 aromatic carbocycles. The van der Waals surface area contributed by atoms with Crippen LogP contribution in [0.5, 0.6) is 0 Å². The predicted molar refractivity (Wildman–Crippen MR) is 47.6 cm³/mol. The van der Waals surface area contributed by atoms with E-state index in [9.17, 15) is 0 Å². The Morgan fingerprint density at radius 3 is 2.82 bits per heavy atom. The van der Waals surface area contributed by atoms with Crippen molar-refractivity contribution in [3.05, 3.63) is 0 Å². The molecule has 1 heteroatoms. The van der Waals surface area contributed by atoms with Gasteiger partial charge in [-0.1, -0.05) is 26.7 Å². The maximum atomic E-state index is 5.31. The van der Waals surface area contributed by atoms with Crippen molar-refractivity contribution in [3.63, 3.8) is 0 Å². The van der Waals surface area contributed by atoms with E-state index in [1.807, 2.05) is 0 Å².